The molecule has 0 aliphatic heterocycles. The third-order valence-corrected chi connectivity index (χ3v) is 2.44. The summed E-state index contributed by atoms with van der Waals surface area (Å²) in [6, 6.07) is 9.98. The predicted molar refractivity (Wildman–Crippen MR) is 73.7 cm³/mol. The molecule has 0 fully saturated rings. The van der Waals surface area contributed by atoms with Gasteiger partial charge in [-0.1, -0.05) is 42.5 Å². The van der Waals surface area contributed by atoms with Gasteiger partial charge in [-0.25, -0.2) is 0 Å². The summed E-state index contributed by atoms with van der Waals surface area (Å²) >= 11 is 0. The van der Waals surface area contributed by atoms with Crippen molar-refractivity contribution in [2.75, 3.05) is 27.1 Å². The Hall–Kier alpha value is -1.20. The molecule has 0 aliphatic carbocycles. The maximum absolute atomic E-state index is 9.65. The monoisotopic (exact) mass is 266 g/mol. The van der Waals surface area contributed by atoms with E-state index in [9.17, 15) is 5.11 Å². The lowest BCUT2D eigenvalue weighted by Gasteiger charge is -2.07. The molecule has 1 aromatic carbocycles. The smallest absolute Gasteiger partial charge is 0.146 e. The Labute approximate surface area is 114 Å². The molecule has 0 heterocycles. The minimum Gasteiger partial charge on any atom is -0.389 e. The van der Waals surface area contributed by atoms with Crippen LogP contribution in [0.25, 0.3) is 0 Å². The van der Waals surface area contributed by atoms with Crippen LogP contribution in [-0.4, -0.2) is 38.3 Å². The summed E-state index contributed by atoms with van der Waals surface area (Å²) in [7, 11) is 1.57. The van der Waals surface area contributed by atoms with E-state index >= 15 is 0 Å². The van der Waals surface area contributed by atoms with Crippen LogP contribution < -0.4 is 0 Å². The van der Waals surface area contributed by atoms with Crippen molar-refractivity contribution in [1.29, 1.82) is 0 Å². The van der Waals surface area contributed by atoms with Crippen LogP contribution in [0, 0.1) is 0 Å². The fourth-order valence-corrected chi connectivity index (χ4v) is 1.48. The number of hydrogen-bond acceptors (Lipinski definition) is 4. The summed E-state index contributed by atoms with van der Waals surface area (Å²) in [6.07, 6.45) is 3.57. The van der Waals surface area contributed by atoms with Gasteiger partial charge in [0.1, 0.15) is 6.79 Å². The van der Waals surface area contributed by atoms with Crippen LogP contribution in [-0.2, 0) is 20.8 Å². The van der Waals surface area contributed by atoms with Crippen LogP contribution in [0.1, 0.15) is 12.0 Å². The van der Waals surface area contributed by atoms with Gasteiger partial charge in [0.05, 0.1) is 19.3 Å². The third-order valence-electron chi connectivity index (χ3n) is 2.44. The van der Waals surface area contributed by atoms with E-state index in [1.165, 1.54) is 0 Å². The lowest BCUT2D eigenvalue weighted by atomic mass is 10.2. The molecule has 0 unspecified atom stereocenters. The van der Waals surface area contributed by atoms with Crippen molar-refractivity contribution >= 4 is 0 Å². The average molecular weight is 266 g/mol. The Morgan fingerprint density at radius 2 is 2.00 bits per heavy atom. The highest BCUT2D eigenvalue weighted by molar-refractivity contribution is 5.13. The van der Waals surface area contributed by atoms with Gasteiger partial charge >= 0.3 is 0 Å². The van der Waals surface area contributed by atoms with Gasteiger partial charge in [-0.15, -0.1) is 0 Å². The van der Waals surface area contributed by atoms with Gasteiger partial charge in [-0.3, -0.25) is 0 Å². The first-order valence-corrected chi connectivity index (χ1v) is 6.36. The maximum Gasteiger partial charge on any atom is 0.146 e. The van der Waals surface area contributed by atoms with Crippen molar-refractivity contribution in [3.63, 3.8) is 0 Å². The topological polar surface area (TPSA) is 47.9 Å². The first-order valence-electron chi connectivity index (χ1n) is 6.36. The van der Waals surface area contributed by atoms with Crippen molar-refractivity contribution < 1.29 is 19.3 Å². The Kier molecular flexibility index (Phi) is 8.93. The third kappa shape index (κ3) is 8.51. The second kappa shape index (κ2) is 10.7. The molecule has 19 heavy (non-hydrogen) atoms. The molecule has 0 amide bonds. The molecule has 4 heteroatoms. The molecule has 0 saturated heterocycles. The largest absolute Gasteiger partial charge is 0.389 e. The van der Waals surface area contributed by atoms with Crippen molar-refractivity contribution in [1.82, 2.24) is 0 Å². The number of aliphatic hydroxyl groups is 1. The molecule has 1 N–H and O–H groups in total. The minimum atomic E-state index is -0.498. The zero-order chi connectivity index (χ0) is 13.8. The first-order chi connectivity index (χ1) is 9.33. The van der Waals surface area contributed by atoms with Crippen molar-refractivity contribution in [3.8, 4) is 0 Å². The molecular formula is C15H22O4. The molecule has 0 aromatic heterocycles. The highest BCUT2D eigenvalue weighted by Gasteiger charge is 1.99. The van der Waals surface area contributed by atoms with Crippen LogP contribution in [0.3, 0.4) is 0 Å². The SMILES string of the molecule is COCOC/C=C/[C@@H](O)CCOCc1ccccc1. The molecule has 0 spiro atoms. The Morgan fingerprint density at radius 3 is 2.74 bits per heavy atom. The van der Waals surface area contributed by atoms with Crippen LogP contribution in [0.5, 0.6) is 0 Å². The second-order valence-corrected chi connectivity index (χ2v) is 4.10. The van der Waals surface area contributed by atoms with E-state index in [0.717, 1.165) is 5.56 Å². The molecule has 0 saturated carbocycles. The molecule has 4 nitrogen and oxygen atoms in total. The zero-order valence-corrected chi connectivity index (χ0v) is 11.3. The van der Waals surface area contributed by atoms with Crippen LogP contribution in [0.15, 0.2) is 42.5 Å². The Morgan fingerprint density at radius 1 is 1.21 bits per heavy atom. The zero-order valence-electron chi connectivity index (χ0n) is 11.3. The maximum atomic E-state index is 9.65. The van der Waals surface area contributed by atoms with Crippen LogP contribution >= 0.6 is 0 Å². The average Bonchev–Trinajstić information content (AvgIpc) is 2.44. The Balaban J connectivity index is 2.02. The van der Waals surface area contributed by atoms with Gasteiger partial charge in [0.15, 0.2) is 0 Å². The fraction of sp³-hybridized carbons (Fsp3) is 0.467. The molecule has 106 valence electrons. The van der Waals surface area contributed by atoms with E-state index in [1.54, 1.807) is 19.3 Å². The van der Waals surface area contributed by atoms with Gasteiger partial charge in [-0.05, 0) is 5.56 Å². The number of hydrogen-bond donors (Lipinski definition) is 1. The van der Waals surface area contributed by atoms with Gasteiger partial charge < -0.3 is 19.3 Å². The summed E-state index contributed by atoms with van der Waals surface area (Å²) in [4.78, 5) is 0. The van der Waals surface area contributed by atoms with Crippen LogP contribution in [0.2, 0.25) is 0 Å². The number of methoxy groups -OCH3 is 1. The number of benzene rings is 1. The highest BCUT2D eigenvalue weighted by atomic mass is 16.7. The lowest BCUT2D eigenvalue weighted by Crippen LogP contribution is -2.08. The molecule has 1 rings (SSSR count). The van der Waals surface area contributed by atoms with Crippen molar-refractivity contribution in [3.05, 3.63) is 48.0 Å². The lowest BCUT2D eigenvalue weighted by molar-refractivity contribution is -0.0189. The Bertz CT molecular complexity index is 337. The molecular weight excluding hydrogens is 244 g/mol. The predicted octanol–water partition coefficient (Wildman–Crippen LogP) is 2.13. The van der Waals surface area contributed by atoms with E-state index < -0.39 is 6.10 Å². The molecule has 1 aromatic rings. The van der Waals surface area contributed by atoms with Crippen molar-refractivity contribution in [2.45, 2.75) is 19.1 Å². The second-order valence-electron chi connectivity index (χ2n) is 4.10. The van der Waals surface area contributed by atoms with E-state index in [2.05, 4.69) is 0 Å². The van der Waals surface area contributed by atoms with Crippen LogP contribution in [0.4, 0.5) is 0 Å². The first kappa shape index (κ1) is 15.9. The summed E-state index contributed by atoms with van der Waals surface area (Å²) in [5.74, 6) is 0. The number of ether oxygens (including phenoxy) is 3. The van der Waals surface area contributed by atoms with E-state index in [4.69, 9.17) is 14.2 Å². The summed E-state index contributed by atoms with van der Waals surface area (Å²) in [5.41, 5.74) is 1.14. The van der Waals surface area contributed by atoms with Gasteiger partial charge in [-0.2, -0.15) is 0 Å². The number of rotatable bonds is 10. The van der Waals surface area contributed by atoms with Crippen molar-refractivity contribution in [2.24, 2.45) is 0 Å². The standard InChI is InChI=1S/C15H22O4/c1-17-13-19-10-5-8-15(16)9-11-18-12-14-6-3-2-4-7-14/h2-8,15-16H,9-13H2,1H3/b8-5+/t15-/m1/s1. The normalized spacial score (nSPS) is 12.9. The van der Waals surface area contributed by atoms with E-state index in [0.29, 0.717) is 26.2 Å². The molecule has 1 atom stereocenters. The molecule has 0 bridgehead atoms. The highest BCUT2D eigenvalue weighted by Crippen LogP contribution is 2.02. The van der Waals surface area contributed by atoms with E-state index in [1.807, 2.05) is 30.3 Å². The summed E-state index contributed by atoms with van der Waals surface area (Å²) in [5, 5.41) is 9.65. The summed E-state index contributed by atoms with van der Waals surface area (Å²) < 4.78 is 15.3. The quantitative estimate of drug-likeness (QED) is 0.400. The van der Waals surface area contributed by atoms with Gasteiger partial charge in [0, 0.05) is 20.1 Å². The minimum absolute atomic E-state index is 0.265. The number of aliphatic hydroxyl groups excluding tert-OH is 1. The van der Waals surface area contributed by atoms with Gasteiger partial charge in [0.2, 0.25) is 0 Å². The fourth-order valence-electron chi connectivity index (χ4n) is 1.48. The molecule has 0 radical (unpaired) electrons. The molecule has 0 aliphatic rings. The van der Waals surface area contributed by atoms with Gasteiger partial charge in [0.25, 0.3) is 0 Å². The van der Waals surface area contributed by atoms with E-state index in [-0.39, 0.29) is 6.79 Å². The summed E-state index contributed by atoms with van der Waals surface area (Å²) in [6.45, 7) is 1.81.